The SMILES string of the molecule is [2H]CN1CCC[C@@]1(C[2H])C(=O)N[C@H](C(=O)N(C)[C@H](C[C@@H](OC(C)=O)c1nc(C(=O)N[C@@H](Cc2ccccc2)C[C@H](C)C(=O)N/N=C(/C)c2ccc(OCCCCCN3C(=O)C=CC3=O)cc2)cs1)C(C)C)[C@@H](C)CC. The van der Waals surface area contributed by atoms with Gasteiger partial charge in [-0.25, -0.2) is 10.4 Å². The van der Waals surface area contributed by atoms with Gasteiger partial charge in [0.25, 0.3) is 17.7 Å². The summed E-state index contributed by atoms with van der Waals surface area (Å²) in [7, 11) is 1.54. The third kappa shape index (κ3) is 16.1. The lowest BCUT2D eigenvalue weighted by Gasteiger charge is -2.38. The van der Waals surface area contributed by atoms with Gasteiger partial charge in [0.05, 0.1) is 17.9 Å². The number of likely N-dealkylation sites (tertiary alicyclic amines) is 1. The maximum Gasteiger partial charge on any atom is 0.303 e. The van der Waals surface area contributed by atoms with Crippen LogP contribution in [-0.4, -0.2) is 124 Å². The number of carbonyl (C=O) groups is 7. The number of thiazole rings is 1. The average molecular weight is 1030 g/mol. The number of ether oxygens (including phenoxy) is 2. The number of hydrogen-bond acceptors (Lipinski definition) is 13. The van der Waals surface area contributed by atoms with Crippen LogP contribution in [0.5, 0.6) is 5.75 Å². The fourth-order valence-corrected chi connectivity index (χ4v) is 9.79. The summed E-state index contributed by atoms with van der Waals surface area (Å²) in [5, 5.41) is 12.4. The second kappa shape index (κ2) is 27.1. The minimum Gasteiger partial charge on any atom is -0.494 e. The van der Waals surface area contributed by atoms with Gasteiger partial charge in [0.15, 0.2) is 6.10 Å². The Kier molecular flexibility index (Phi) is 20.3. The van der Waals surface area contributed by atoms with Gasteiger partial charge in [-0.3, -0.25) is 43.4 Å². The van der Waals surface area contributed by atoms with E-state index in [2.05, 4.69) is 26.1 Å². The summed E-state index contributed by atoms with van der Waals surface area (Å²) in [5.74, 6) is -2.97. The number of esters is 1. The Balaban J connectivity index is 1.21. The van der Waals surface area contributed by atoms with Gasteiger partial charge in [0.1, 0.15) is 22.5 Å². The third-order valence-corrected chi connectivity index (χ3v) is 14.7. The fraction of sp³-hybridized carbons (Fsp3) is 0.545. The van der Waals surface area contributed by atoms with Crippen molar-refractivity contribution in [2.45, 2.75) is 143 Å². The van der Waals surface area contributed by atoms with E-state index in [1.165, 1.54) is 24.0 Å². The molecule has 18 heteroatoms. The second-order valence-corrected chi connectivity index (χ2v) is 20.6. The van der Waals surface area contributed by atoms with Crippen molar-refractivity contribution in [3.05, 3.63) is 94.0 Å². The van der Waals surface area contributed by atoms with Crippen LogP contribution in [0, 0.1) is 17.8 Å². The van der Waals surface area contributed by atoms with Crippen LogP contribution >= 0.6 is 11.3 Å². The molecule has 2 aliphatic rings. The van der Waals surface area contributed by atoms with Crippen molar-refractivity contribution >= 4 is 58.5 Å². The molecule has 0 saturated carbocycles. The van der Waals surface area contributed by atoms with Crippen molar-refractivity contribution in [1.82, 2.24) is 35.7 Å². The summed E-state index contributed by atoms with van der Waals surface area (Å²) in [6.45, 7) is 13.7. The molecule has 0 unspecified atom stereocenters. The van der Waals surface area contributed by atoms with Crippen LogP contribution in [0.3, 0.4) is 0 Å². The van der Waals surface area contributed by atoms with E-state index in [0.717, 1.165) is 35.3 Å². The number of imide groups is 1. The number of aromatic nitrogens is 1. The van der Waals surface area contributed by atoms with Crippen molar-refractivity contribution in [2.24, 2.45) is 22.9 Å². The summed E-state index contributed by atoms with van der Waals surface area (Å²) in [6, 6.07) is 15.1. The largest absolute Gasteiger partial charge is 0.494 e. The normalized spacial score (nSPS) is 18.8. The van der Waals surface area contributed by atoms with Crippen LogP contribution in [0.1, 0.15) is 142 Å². The number of rotatable bonds is 27. The Morgan fingerprint density at radius 3 is 2.30 bits per heavy atom. The van der Waals surface area contributed by atoms with Crippen LogP contribution in [0.4, 0.5) is 0 Å². The molecule has 0 bridgehead atoms. The lowest BCUT2D eigenvalue weighted by Crippen LogP contribution is -2.60. The van der Waals surface area contributed by atoms with Gasteiger partial charge in [-0.15, -0.1) is 11.3 Å². The number of nitrogens with zero attached hydrogens (tertiary/aromatic N) is 5. The molecule has 2 aliphatic heterocycles. The zero-order valence-corrected chi connectivity index (χ0v) is 44.5. The van der Waals surface area contributed by atoms with Crippen molar-refractivity contribution < 1.29 is 45.8 Å². The van der Waals surface area contributed by atoms with E-state index in [-0.39, 0.29) is 67.9 Å². The zero-order chi connectivity index (χ0) is 54.8. The van der Waals surface area contributed by atoms with Crippen LogP contribution in [0.15, 0.2) is 77.2 Å². The summed E-state index contributed by atoms with van der Waals surface area (Å²) in [5.41, 5.74) is 3.92. The molecule has 0 aliphatic carbocycles. The van der Waals surface area contributed by atoms with Crippen LogP contribution in [-0.2, 0) is 39.9 Å². The third-order valence-electron chi connectivity index (χ3n) is 13.8. The predicted molar refractivity (Wildman–Crippen MR) is 281 cm³/mol. The molecule has 6 amide bonds. The van der Waals surface area contributed by atoms with Gasteiger partial charge in [-0.1, -0.05) is 71.4 Å². The lowest BCUT2D eigenvalue weighted by atomic mass is 9.91. The van der Waals surface area contributed by atoms with Gasteiger partial charge in [-0.2, -0.15) is 5.10 Å². The Hall–Kier alpha value is -6.27. The number of unbranched alkanes of at least 4 members (excludes halogenated alkanes) is 2. The minimum absolute atomic E-state index is 0.101. The summed E-state index contributed by atoms with van der Waals surface area (Å²) < 4.78 is 28.0. The van der Waals surface area contributed by atoms with E-state index in [9.17, 15) is 33.6 Å². The molecular weight excluding hydrogens is 949 g/mol. The van der Waals surface area contributed by atoms with E-state index >= 15 is 0 Å². The highest BCUT2D eigenvalue weighted by Gasteiger charge is 2.44. The quantitative estimate of drug-likeness (QED) is 0.0232. The molecule has 5 rings (SSSR count). The van der Waals surface area contributed by atoms with Crippen LogP contribution in [0.2, 0.25) is 0 Å². The Labute approximate surface area is 437 Å². The molecule has 17 nitrogen and oxygen atoms in total. The molecule has 0 radical (unpaired) electrons. The predicted octanol–water partition coefficient (Wildman–Crippen LogP) is 7.02. The summed E-state index contributed by atoms with van der Waals surface area (Å²) in [6.07, 6.45) is 6.45. The number of carbonyl (C=O) groups excluding carboxylic acids is 7. The molecule has 1 saturated heterocycles. The molecule has 1 fully saturated rings. The first-order valence-corrected chi connectivity index (χ1v) is 26.2. The van der Waals surface area contributed by atoms with Crippen LogP contribution in [0.25, 0.3) is 0 Å². The number of nitrogens with one attached hydrogen (secondary N) is 3. The van der Waals surface area contributed by atoms with Crippen LogP contribution < -0.4 is 20.8 Å². The zero-order valence-electron chi connectivity index (χ0n) is 45.7. The number of benzene rings is 2. The van der Waals surface area contributed by atoms with E-state index in [4.69, 9.17) is 12.2 Å². The topological polar surface area (TPSA) is 209 Å². The number of hydrogen-bond donors (Lipinski definition) is 3. The number of amides is 6. The van der Waals surface area contributed by atoms with Crippen molar-refractivity contribution in [2.75, 3.05) is 33.8 Å². The molecule has 0 spiro atoms. The highest BCUT2D eigenvalue weighted by molar-refractivity contribution is 7.09. The summed E-state index contributed by atoms with van der Waals surface area (Å²) >= 11 is 1.16. The molecule has 3 heterocycles. The Morgan fingerprint density at radius 2 is 1.66 bits per heavy atom. The second-order valence-electron chi connectivity index (χ2n) is 19.7. The maximum atomic E-state index is 14.5. The Bertz CT molecular complexity index is 2470. The fourth-order valence-electron chi connectivity index (χ4n) is 8.95. The average Bonchev–Trinajstić information content (AvgIpc) is 4.15. The van der Waals surface area contributed by atoms with Crippen molar-refractivity contribution in [3.8, 4) is 5.75 Å². The van der Waals surface area contributed by atoms with E-state index in [1.807, 2.05) is 82.3 Å². The lowest BCUT2D eigenvalue weighted by molar-refractivity contribution is -0.149. The van der Waals surface area contributed by atoms with Gasteiger partial charge in [0.2, 0.25) is 17.7 Å². The van der Waals surface area contributed by atoms with Gasteiger partial charge in [0, 0.05) is 65.2 Å². The first kappa shape index (κ1) is 54.5. The van der Waals surface area contributed by atoms with E-state index in [0.29, 0.717) is 68.3 Å². The Morgan fingerprint density at radius 1 is 0.945 bits per heavy atom. The van der Waals surface area contributed by atoms with Gasteiger partial charge < -0.3 is 25.0 Å². The highest BCUT2D eigenvalue weighted by atomic mass is 32.1. The first-order valence-electron chi connectivity index (χ1n) is 26.7. The standard InChI is InChI=1S/C55H76N8O9S/c1-11-36(4)49(58-54(70)55(8)27-18-28-61(55)9)53(69)62(10)45(35(2)3)33-46(72-39(7)64)52-57-44(34-73-52)51(68)56-42(32-40-19-14-12-15-20-40)31-37(5)50(67)60-59-38(6)41-21-23-43(24-22-41)71-30-17-13-16-29-63-47(65)25-26-48(63)66/h12,14-15,19-26,34-37,42,45-46,49H,11,13,16-18,27-33H2,1-10H3,(H,56,68)(H,58,70)(H,60,67)/b59-38-/t36-,37-,42+,45+,46+,49-,55-/m0/s1/i8D,9D. The minimum atomic E-state index is -1.18. The molecule has 396 valence electrons. The molecule has 1 aromatic heterocycles. The molecule has 3 aromatic rings. The van der Waals surface area contributed by atoms with E-state index in [1.54, 1.807) is 36.1 Å². The number of hydrazone groups is 1. The molecule has 7 atom stereocenters. The summed E-state index contributed by atoms with van der Waals surface area (Å²) in [4.78, 5) is 101. The van der Waals surface area contributed by atoms with Crippen molar-refractivity contribution in [1.29, 1.82) is 0 Å². The van der Waals surface area contributed by atoms with Crippen molar-refractivity contribution in [3.63, 3.8) is 0 Å². The molecule has 2 aromatic carbocycles. The molecule has 3 N–H and O–H groups in total. The molecular formula is C55H76N8O9S. The number of likely N-dealkylation sites (N-methyl/N-ethyl adjacent to an activating group) is 2. The monoisotopic (exact) mass is 1030 g/mol. The maximum absolute atomic E-state index is 14.5. The highest BCUT2D eigenvalue weighted by Crippen LogP contribution is 2.32. The molecule has 73 heavy (non-hydrogen) atoms. The first-order chi connectivity index (χ1) is 35.8. The van der Waals surface area contributed by atoms with Gasteiger partial charge in [-0.05, 0) is 120 Å². The van der Waals surface area contributed by atoms with Gasteiger partial charge >= 0.3 is 5.97 Å². The smallest absolute Gasteiger partial charge is 0.303 e. The van der Waals surface area contributed by atoms with E-state index < -0.39 is 53.5 Å².